The van der Waals surface area contributed by atoms with Gasteiger partial charge in [0.2, 0.25) is 0 Å². The van der Waals surface area contributed by atoms with Gasteiger partial charge in [0.15, 0.2) is 0 Å². The maximum atomic E-state index is 10.9. The molecule has 0 amide bonds. The van der Waals surface area contributed by atoms with Crippen LogP contribution >= 0.6 is 0 Å². The van der Waals surface area contributed by atoms with Crippen molar-refractivity contribution in [1.82, 2.24) is 6.15 Å². The molecule has 6 N–H and O–H groups in total. The summed E-state index contributed by atoms with van der Waals surface area (Å²) in [5, 5.41) is 1.56. The number of nitrogens with two attached hydrogens (primary N) is 1. The lowest BCUT2D eigenvalue weighted by Crippen LogP contribution is -1.97. The van der Waals surface area contributed by atoms with Crippen LogP contribution in [-0.2, 0) is 10.1 Å². The molecule has 0 radical (unpaired) electrons. The summed E-state index contributed by atoms with van der Waals surface area (Å²) in [6.07, 6.45) is 0. The fraction of sp³-hybridized carbons (Fsp3) is 0. The number of benzene rings is 2. The van der Waals surface area contributed by atoms with Crippen LogP contribution in [0.5, 0.6) is 0 Å². The molecule has 0 saturated heterocycles. The molecule has 0 bridgehead atoms. The van der Waals surface area contributed by atoms with E-state index in [9.17, 15) is 8.42 Å². The Morgan fingerprint density at radius 2 is 1.56 bits per heavy atom. The van der Waals surface area contributed by atoms with Gasteiger partial charge in [0.25, 0.3) is 10.1 Å². The molecule has 0 saturated carbocycles. The van der Waals surface area contributed by atoms with E-state index >= 15 is 0 Å². The zero-order valence-corrected chi connectivity index (χ0v) is 9.24. The molecule has 0 fully saturated rings. The van der Waals surface area contributed by atoms with E-state index in [0.717, 1.165) is 10.8 Å². The van der Waals surface area contributed by atoms with Crippen molar-refractivity contribution >= 4 is 26.6 Å². The van der Waals surface area contributed by atoms with Crippen LogP contribution in [0.1, 0.15) is 0 Å². The highest BCUT2D eigenvalue weighted by atomic mass is 32.2. The summed E-state index contributed by atoms with van der Waals surface area (Å²) in [5.41, 5.74) is 6.19. The molecule has 0 aromatic heterocycles. The summed E-state index contributed by atoms with van der Waals surface area (Å²) in [7, 11) is -4.14. The van der Waals surface area contributed by atoms with Gasteiger partial charge in [-0.25, -0.2) is 0 Å². The fourth-order valence-corrected chi connectivity index (χ4v) is 1.92. The highest BCUT2D eigenvalue weighted by Gasteiger charge is 2.09. The van der Waals surface area contributed by atoms with Crippen LogP contribution in [0.15, 0.2) is 41.3 Å². The zero-order chi connectivity index (χ0) is 11.1. The van der Waals surface area contributed by atoms with E-state index in [1.165, 1.54) is 12.1 Å². The van der Waals surface area contributed by atoms with E-state index in [-0.39, 0.29) is 11.0 Å². The van der Waals surface area contributed by atoms with Gasteiger partial charge in [-0.3, -0.25) is 4.55 Å². The topological polar surface area (TPSA) is 115 Å². The van der Waals surface area contributed by atoms with Crippen molar-refractivity contribution in [1.29, 1.82) is 0 Å². The quantitative estimate of drug-likeness (QED) is 0.519. The molecule has 2 rings (SSSR count). The van der Waals surface area contributed by atoms with Crippen molar-refractivity contribution in [3.05, 3.63) is 36.4 Å². The monoisotopic (exact) mass is 240 g/mol. The molecule has 0 heterocycles. The Balaban J connectivity index is 0.00000128. The first-order chi connectivity index (χ1) is 6.97. The zero-order valence-electron chi connectivity index (χ0n) is 8.42. The van der Waals surface area contributed by atoms with E-state index in [4.69, 9.17) is 10.3 Å². The summed E-state index contributed by atoms with van der Waals surface area (Å²) in [5.74, 6) is 0. The van der Waals surface area contributed by atoms with Crippen molar-refractivity contribution in [2.75, 3.05) is 5.73 Å². The second-order valence-electron chi connectivity index (χ2n) is 3.24. The first-order valence-electron chi connectivity index (χ1n) is 4.23. The van der Waals surface area contributed by atoms with E-state index in [1.54, 1.807) is 24.3 Å². The number of anilines is 1. The van der Waals surface area contributed by atoms with Crippen LogP contribution in [0.4, 0.5) is 5.69 Å². The molecule has 2 aromatic carbocycles. The van der Waals surface area contributed by atoms with E-state index in [0.29, 0.717) is 5.69 Å². The summed E-state index contributed by atoms with van der Waals surface area (Å²) < 4.78 is 30.6. The standard InChI is InChI=1S/C10H9NO3S.H3N/c11-9-3-1-8-6-10(15(12,13)14)4-2-7(8)5-9;/h1-6H,11H2,(H,12,13,14);1H3. The SMILES string of the molecule is N.Nc1ccc2cc(S(=O)(=O)O)ccc2c1. The van der Waals surface area contributed by atoms with Crippen molar-refractivity contribution in [3.8, 4) is 0 Å². The molecule has 0 aliphatic heterocycles. The summed E-state index contributed by atoms with van der Waals surface area (Å²) in [6.45, 7) is 0. The summed E-state index contributed by atoms with van der Waals surface area (Å²) in [6, 6.07) is 9.48. The Morgan fingerprint density at radius 1 is 1.00 bits per heavy atom. The average molecular weight is 240 g/mol. The third-order valence-corrected chi connectivity index (χ3v) is 2.98. The van der Waals surface area contributed by atoms with Crippen LogP contribution in [-0.4, -0.2) is 13.0 Å². The predicted molar refractivity (Wildman–Crippen MR) is 63.2 cm³/mol. The molecule has 0 aliphatic carbocycles. The normalized spacial score (nSPS) is 11.1. The number of hydrogen-bond acceptors (Lipinski definition) is 4. The molecule has 16 heavy (non-hydrogen) atoms. The molecule has 0 spiro atoms. The molecule has 6 heteroatoms. The number of nitrogen functional groups attached to an aromatic ring is 1. The lowest BCUT2D eigenvalue weighted by Gasteiger charge is -2.01. The molecule has 86 valence electrons. The van der Waals surface area contributed by atoms with Gasteiger partial charge < -0.3 is 11.9 Å². The van der Waals surface area contributed by atoms with E-state index in [2.05, 4.69) is 0 Å². The van der Waals surface area contributed by atoms with Crippen LogP contribution in [0, 0.1) is 0 Å². The molecule has 0 aliphatic rings. The van der Waals surface area contributed by atoms with Crippen molar-refractivity contribution < 1.29 is 13.0 Å². The first-order valence-corrected chi connectivity index (χ1v) is 5.67. The number of fused-ring (bicyclic) bond motifs is 1. The van der Waals surface area contributed by atoms with Crippen LogP contribution in [0.2, 0.25) is 0 Å². The average Bonchev–Trinajstić information content (AvgIpc) is 2.15. The van der Waals surface area contributed by atoms with Crippen LogP contribution < -0.4 is 11.9 Å². The third-order valence-electron chi connectivity index (χ3n) is 2.13. The minimum atomic E-state index is -4.14. The molecule has 0 atom stereocenters. The minimum Gasteiger partial charge on any atom is -0.399 e. The minimum absolute atomic E-state index is 0. The Hall–Kier alpha value is -1.63. The van der Waals surface area contributed by atoms with Gasteiger partial charge in [0.1, 0.15) is 0 Å². The van der Waals surface area contributed by atoms with Crippen molar-refractivity contribution in [2.45, 2.75) is 4.90 Å². The lowest BCUT2D eigenvalue weighted by atomic mass is 10.1. The largest absolute Gasteiger partial charge is 0.399 e. The Morgan fingerprint density at radius 3 is 2.19 bits per heavy atom. The second-order valence-corrected chi connectivity index (χ2v) is 4.66. The molecule has 2 aromatic rings. The lowest BCUT2D eigenvalue weighted by molar-refractivity contribution is 0.483. The molecular formula is C10H12N2O3S. The van der Waals surface area contributed by atoms with Crippen LogP contribution in [0.25, 0.3) is 10.8 Å². The van der Waals surface area contributed by atoms with Crippen LogP contribution in [0.3, 0.4) is 0 Å². The smallest absolute Gasteiger partial charge is 0.294 e. The Kier molecular flexibility index (Phi) is 3.18. The van der Waals surface area contributed by atoms with Gasteiger partial charge in [-0.15, -0.1) is 0 Å². The first kappa shape index (κ1) is 12.4. The van der Waals surface area contributed by atoms with Gasteiger partial charge in [0, 0.05) is 5.69 Å². The van der Waals surface area contributed by atoms with Crippen molar-refractivity contribution in [2.24, 2.45) is 0 Å². The van der Waals surface area contributed by atoms with Gasteiger partial charge in [-0.05, 0) is 35.0 Å². The second kappa shape index (κ2) is 4.09. The number of hydrogen-bond donors (Lipinski definition) is 3. The Bertz CT molecular complexity index is 623. The van der Waals surface area contributed by atoms with Gasteiger partial charge >= 0.3 is 0 Å². The van der Waals surface area contributed by atoms with Crippen molar-refractivity contribution in [3.63, 3.8) is 0 Å². The van der Waals surface area contributed by atoms with E-state index in [1.807, 2.05) is 0 Å². The predicted octanol–water partition coefficient (Wildman–Crippen LogP) is 1.83. The van der Waals surface area contributed by atoms with Gasteiger partial charge in [0.05, 0.1) is 4.90 Å². The highest BCUT2D eigenvalue weighted by Crippen LogP contribution is 2.21. The maximum Gasteiger partial charge on any atom is 0.294 e. The maximum absolute atomic E-state index is 10.9. The van der Waals surface area contributed by atoms with E-state index < -0.39 is 10.1 Å². The molecule has 0 unspecified atom stereocenters. The summed E-state index contributed by atoms with van der Waals surface area (Å²) >= 11 is 0. The highest BCUT2D eigenvalue weighted by molar-refractivity contribution is 7.85. The number of rotatable bonds is 1. The summed E-state index contributed by atoms with van der Waals surface area (Å²) in [4.78, 5) is -0.111. The molecule has 5 nitrogen and oxygen atoms in total. The molecular weight excluding hydrogens is 228 g/mol. The Labute approximate surface area is 93.2 Å². The third kappa shape index (κ3) is 2.30. The van der Waals surface area contributed by atoms with Gasteiger partial charge in [-0.1, -0.05) is 12.1 Å². The van der Waals surface area contributed by atoms with Gasteiger partial charge in [-0.2, -0.15) is 8.42 Å². The fourth-order valence-electron chi connectivity index (χ4n) is 1.40.